The Kier molecular flexibility index (Phi) is 4.92. The second-order valence-corrected chi connectivity index (χ2v) is 3.79. The van der Waals surface area contributed by atoms with Gasteiger partial charge in [-0.25, -0.2) is 9.59 Å². The number of urea groups is 1. The molecule has 0 aromatic heterocycles. The second kappa shape index (κ2) is 6.44. The third-order valence-electron chi connectivity index (χ3n) is 2.45. The molecule has 0 radical (unpaired) electrons. The normalized spacial score (nSPS) is 9.61. The molecular weight excluding hydrogens is 232 g/mol. The fourth-order valence-corrected chi connectivity index (χ4v) is 1.31. The molecule has 5 nitrogen and oxygen atoms in total. The molecule has 96 valence electrons. The van der Waals surface area contributed by atoms with Crippen molar-refractivity contribution in [3.05, 3.63) is 42.5 Å². The number of carbonyl (C=O) groups excluding carboxylic acids is 1. The molecule has 1 rings (SSSR count). The predicted octanol–water partition coefficient (Wildman–Crippen LogP) is 1.86. The Morgan fingerprint density at radius 1 is 1.33 bits per heavy atom. The van der Waals surface area contributed by atoms with Gasteiger partial charge < -0.3 is 10.4 Å². The molecule has 0 bridgehead atoms. The highest BCUT2D eigenvalue weighted by Gasteiger charge is 2.10. The highest BCUT2D eigenvalue weighted by atomic mass is 16.4. The van der Waals surface area contributed by atoms with E-state index in [1.807, 2.05) is 30.3 Å². The zero-order valence-electron chi connectivity index (χ0n) is 10.2. The first-order valence-corrected chi connectivity index (χ1v) is 5.50. The summed E-state index contributed by atoms with van der Waals surface area (Å²) in [6.07, 6.45) is 0.226. The van der Waals surface area contributed by atoms with Crippen LogP contribution in [0.15, 0.2) is 42.5 Å². The molecule has 2 amide bonds. The Balaban J connectivity index is 2.42. The summed E-state index contributed by atoms with van der Waals surface area (Å²) < 4.78 is 0. The van der Waals surface area contributed by atoms with Gasteiger partial charge >= 0.3 is 12.0 Å². The lowest BCUT2D eigenvalue weighted by Gasteiger charge is -2.17. The van der Waals surface area contributed by atoms with Crippen LogP contribution in [0.4, 0.5) is 10.5 Å². The van der Waals surface area contributed by atoms with E-state index in [0.29, 0.717) is 0 Å². The van der Waals surface area contributed by atoms with Crippen molar-refractivity contribution in [2.24, 2.45) is 0 Å². The lowest BCUT2D eigenvalue weighted by molar-refractivity contribution is -0.132. The molecule has 1 aromatic rings. The summed E-state index contributed by atoms with van der Waals surface area (Å²) in [4.78, 5) is 23.7. The zero-order chi connectivity index (χ0) is 13.5. The van der Waals surface area contributed by atoms with Gasteiger partial charge in [0.15, 0.2) is 0 Å². The number of para-hydroxylation sites is 1. The number of carboxylic acid groups (broad SMARTS) is 1. The van der Waals surface area contributed by atoms with E-state index in [1.54, 1.807) is 7.05 Å². The first kappa shape index (κ1) is 13.8. The minimum atomic E-state index is -1.04. The molecule has 0 saturated heterocycles. The van der Waals surface area contributed by atoms with Gasteiger partial charge in [0.05, 0.1) is 0 Å². The fraction of sp³-hybridized carbons (Fsp3) is 0.231. The van der Waals surface area contributed by atoms with Crippen molar-refractivity contribution in [1.29, 1.82) is 0 Å². The zero-order valence-corrected chi connectivity index (χ0v) is 10.2. The first-order valence-electron chi connectivity index (χ1n) is 5.50. The monoisotopic (exact) mass is 248 g/mol. The van der Waals surface area contributed by atoms with E-state index in [2.05, 4.69) is 11.9 Å². The van der Waals surface area contributed by atoms with Crippen molar-refractivity contribution in [3.63, 3.8) is 0 Å². The topological polar surface area (TPSA) is 69.6 Å². The number of hydrogen-bond acceptors (Lipinski definition) is 2. The molecule has 18 heavy (non-hydrogen) atoms. The summed E-state index contributed by atoms with van der Waals surface area (Å²) in [7, 11) is 1.65. The summed E-state index contributed by atoms with van der Waals surface area (Å²) in [5.74, 6) is -1.04. The maximum Gasteiger partial charge on any atom is 0.331 e. The molecule has 0 saturated carbocycles. The number of amides is 2. The number of carboxylic acids is 1. The van der Waals surface area contributed by atoms with Crippen LogP contribution in [0.3, 0.4) is 0 Å². The third-order valence-corrected chi connectivity index (χ3v) is 2.45. The lowest BCUT2D eigenvalue weighted by Crippen LogP contribution is -2.37. The Bertz CT molecular complexity index is 443. The maximum atomic E-state index is 11.7. The molecule has 0 aliphatic heterocycles. The van der Waals surface area contributed by atoms with Crippen LogP contribution in [0, 0.1) is 0 Å². The molecule has 0 spiro atoms. The average molecular weight is 248 g/mol. The predicted molar refractivity (Wildman–Crippen MR) is 69.6 cm³/mol. The Morgan fingerprint density at radius 2 is 1.94 bits per heavy atom. The summed E-state index contributed by atoms with van der Waals surface area (Å²) in [6.45, 7) is 3.64. The molecule has 0 unspecified atom stereocenters. The van der Waals surface area contributed by atoms with Crippen LogP contribution < -0.4 is 10.2 Å². The molecule has 0 heterocycles. The number of hydrogen-bond donors (Lipinski definition) is 2. The van der Waals surface area contributed by atoms with Gasteiger partial charge in [-0.3, -0.25) is 4.90 Å². The van der Waals surface area contributed by atoms with Gasteiger partial charge in [0.25, 0.3) is 0 Å². The minimum Gasteiger partial charge on any atom is -0.478 e. The molecule has 0 aliphatic carbocycles. The molecule has 1 aromatic carbocycles. The van der Waals surface area contributed by atoms with Crippen molar-refractivity contribution >= 4 is 17.7 Å². The maximum absolute atomic E-state index is 11.7. The van der Waals surface area contributed by atoms with E-state index in [1.165, 1.54) is 4.90 Å². The number of benzene rings is 1. The molecule has 0 aliphatic rings. The molecule has 5 heteroatoms. The van der Waals surface area contributed by atoms with E-state index >= 15 is 0 Å². The van der Waals surface area contributed by atoms with Gasteiger partial charge in [0, 0.05) is 24.9 Å². The van der Waals surface area contributed by atoms with Crippen molar-refractivity contribution in [2.75, 3.05) is 18.5 Å². The Hall–Kier alpha value is -2.30. The van der Waals surface area contributed by atoms with E-state index in [0.717, 1.165) is 5.69 Å². The third kappa shape index (κ3) is 3.93. The van der Waals surface area contributed by atoms with Crippen molar-refractivity contribution in [2.45, 2.75) is 6.42 Å². The molecular formula is C13H16N2O3. The lowest BCUT2D eigenvalue weighted by atomic mass is 10.2. The molecule has 0 atom stereocenters. The number of aliphatic carboxylic acids is 1. The fourth-order valence-electron chi connectivity index (χ4n) is 1.31. The summed E-state index contributed by atoms with van der Waals surface area (Å²) in [5, 5.41) is 11.2. The number of rotatable bonds is 5. The number of anilines is 1. The summed E-state index contributed by atoms with van der Waals surface area (Å²) in [6, 6.07) is 8.90. The quantitative estimate of drug-likeness (QED) is 0.781. The van der Waals surface area contributed by atoms with Gasteiger partial charge in [-0.2, -0.15) is 0 Å². The van der Waals surface area contributed by atoms with Crippen molar-refractivity contribution < 1.29 is 14.7 Å². The standard InChI is InChI=1S/C13H16N2O3/c1-10(12(16)17)8-9-14-13(18)15(2)11-6-4-3-5-7-11/h3-7H,1,8-9H2,2H3,(H,14,18)(H,16,17). The van der Waals surface area contributed by atoms with E-state index in [9.17, 15) is 9.59 Å². The smallest absolute Gasteiger partial charge is 0.331 e. The van der Waals surface area contributed by atoms with Crippen LogP contribution in [0.5, 0.6) is 0 Å². The number of nitrogens with one attached hydrogen (secondary N) is 1. The summed E-state index contributed by atoms with van der Waals surface area (Å²) >= 11 is 0. The number of nitrogens with zero attached hydrogens (tertiary/aromatic N) is 1. The van der Waals surface area contributed by atoms with Crippen LogP contribution >= 0.6 is 0 Å². The van der Waals surface area contributed by atoms with Crippen molar-refractivity contribution in [3.8, 4) is 0 Å². The van der Waals surface area contributed by atoms with Gasteiger partial charge in [0.2, 0.25) is 0 Å². The highest BCUT2D eigenvalue weighted by Crippen LogP contribution is 2.10. The minimum absolute atomic E-state index is 0.0812. The second-order valence-electron chi connectivity index (χ2n) is 3.79. The van der Waals surface area contributed by atoms with Gasteiger partial charge in [-0.05, 0) is 18.6 Å². The summed E-state index contributed by atoms with van der Waals surface area (Å²) in [5.41, 5.74) is 0.852. The van der Waals surface area contributed by atoms with Gasteiger partial charge in [-0.15, -0.1) is 0 Å². The van der Waals surface area contributed by atoms with Gasteiger partial charge in [0.1, 0.15) is 0 Å². The van der Waals surface area contributed by atoms with Crippen molar-refractivity contribution in [1.82, 2.24) is 5.32 Å². The van der Waals surface area contributed by atoms with Crippen LogP contribution in [0.2, 0.25) is 0 Å². The largest absolute Gasteiger partial charge is 0.478 e. The highest BCUT2D eigenvalue weighted by molar-refractivity contribution is 5.91. The van der Waals surface area contributed by atoms with Crippen LogP contribution in [0.1, 0.15) is 6.42 Å². The van der Waals surface area contributed by atoms with Gasteiger partial charge in [-0.1, -0.05) is 24.8 Å². The molecule has 2 N–H and O–H groups in total. The Labute approximate surface area is 106 Å². The van der Waals surface area contributed by atoms with Crippen LogP contribution in [0.25, 0.3) is 0 Å². The van der Waals surface area contributed by atoms with Crippen LogP contribution in [-0.2, 0) is 4.79 Å². The van der Waals surface area contributed by atoms with E-state index < -0.39 is 5.97 Å². The first-order chi connectivity index (χ1) is 8.52. The number of carbonyl (C=O) groups is 2. The van der Waals surface area contributed by atoms with E-state index in [4.69, 9.17) is 5.11 Å². The average Bonchev–Trinajstić information content (AvgIpc) is 2.38. The molecule has 0 fully saturated rings. The van der Waals surface area contributed by atoms with E-state index in [-0.39, 0.29) is 24.6 Å². The SMILES string of the molecule is C=C(CCNC(=O)N(C)c1ccccc1)C(=O)O. The van der Waals surface area contributed by atoms with Crippen LogP contribution in [-0.4, -0.2) is 30.7 Å². The Morgan fingerprint density at radius 3 is 2.50 bits per heavy atom.